The lowest BCUT2D eigenvalue weighted by Gasteiger charge is -2.21. The Bertz CT molecular complexity index is 1760. The Kier molecular flexibility index (Phi) is 10.8. The van der Waals surface area contributed by atoms with Gasteiger partial charge in [-0.1, -0.05) is 18.2 Å². The van der Waals surface area contributed by atoms with E-state index in [4.69, 9.17) is 14.2 Å². The van der Waals surface area contributed by atoms with Crippen LogP contribution in [-0.4, -0.2) is 59.5 Å². The van der Waals surface area contributed by atoms with Crippen molar-refractivity contribution in [3.63, 3.8) is 0 Å². The molecule has 1 heterocycles. The average molecular weight is 652 g/mol. The third-order valence-corrected chi connectivity index (χ3v) is 6.69. The van der Waals surface area contributed by atoms with Crippen molar-refractivity contribution in [2.75, 3.05) is 26.1 Å². The van der Waals surface area contributed by atoms with E-state index in [1.807, 2.05) is 0 Å². The maximum Gasteiger partial charge on any atom is 0.416 e. The lowest BCUT2D eigenvalue weighted by Crippen LogP contribution is -2.35. The zero-order chi connectivity index (χ0) is 34.1. The minimum Gasteiger partial charge on any atom is -0.497 e. The molecule has 0 atom stereocenters. The first-order valence-corrected chi connectivity index (χ1v) is 13.8. The number of amides is 2. The number of carbonyl (C=O) groups excluding carboxylic acids is 3. The molecule has 0 aliphatic rings. The minimum absolute atomic E-state index is 0.000489. The number of anilines is 1. The molecule has 1 aromatic heterocycles. The number of halogens is 3. The molecule has 14 heteroatoms. The summed E-state index contributed by atoms with van der Waals surface area (Å²) in [6.45, 7) is -0.725. The number of pyridine rings is 1. The molecule has 0 unspecified atom stereocenters. The SMILES string of the molecule is COc1ccnc(C(=O)Oc2ccc(CN(CC(=O)O)C(=O)c3ccc(NC(=O)Cc4ccc(OC)cc4C(F)(F)F)cc3)cc2)c1. The molecule has 0 aliphatic heterocycles. The van der Waals surface area contributed by atoms with Crippen molar-refractivity contribution in [1.29, 1.82) is 0 Å². The van der Waals surface area contributed by atoms with Gasteiger partial charge in [0.25, 0.3) is 5.91 Å². The Labute approximate surface area is 266 Å². The summed E-state index contributed by atoms with van der Waals surface area (Å²) in [5, 5.41) is 11.9. The Balaban J connectivity index is 1.40. The number of aliphatic carboxylic acids is 1. The monoisotopic (exact) mass is 651 g/mol. The summed E-state index contributed by atoms with van der Waals surface area (Å²) in [7, 11) is 2.68. The number of nitrogens with zero attached hydrogens (tertiary/aromatic N) is 2. The fourth-order valence-electron chi connectivity index (χ4n) is 4.41. The molecular formula is C33H28F3N3O8. The minimum atomic E-state index is -4.70. The second-order valence-electron chi connectivity index (χ2n) is 9.99. The lowest BCUT2D eigenvalue weighted by molar-refractivity contribution is -0.139. The quantitative estimate of drug-likeness (QED) is 0.155. The predicted octanol–water partition coefficient (Wildman–Crippen LogP) is 5.25. The van der Waals surface area contributed by atoms with Gasteiger partial charge in [-0.3, -0.25) is 14.4 Å². The number of hydrogen-bond donors (Lipinski definition) is 2. The van der Waals surface area contributed by atoms with Crippen LogP contribution in [0.5, 0.6) is 17.2 Å². The highest BCUT2D eigenvalue weighted by Crippen LogP contribution is 2.34. The van der Waals surface area contributed by atoms with E-state index in [1.165, 1.54) is 75.0 Å². The van der Waals surface area contributed by atoms with Gasteiger partial charge in [0, 0.05) is 30.1 Å². The van der Waals surface area contributed by atoms with Crippen molar-refractivity contribution in [3.8, 4) is 17.2 Å². The Morgan fingerprint density at radius 3 is 2.11 bits per heavy atom. The first kappa shape index (κ1) is 34.0. The maximum absolute atomic E-state index is 13.5. The standard InChI is InChI=1S/C33H28F3N3O8/c1-45-25-12-7-22(27(16-25)33(34,35)36)15-29(40)38-23-8-5-21(6-9-23)31(43)39(19-30(41)42)18-20-3-10-24(11-4-20)47-32(44)28-17-26(46-2)13-14-37-28/h3-14,16-17H,15,18-19H2,1-2H3,(H,38,40)(H,41,42). The molecule has 2 amide bonds. The molecule has 2 N–H and O–H groups in total. The molecular weight excluding hydrogens is 623 g/mol. The van der Waals surface area contributed by atoms with Crippen LogP contribution in [-0.2, 0) is 28.7 Å². The molecule has 0 saturated heterocycles. The molecule has 3 aromatic carbocycles. The first-order chi connectivity index (χ1) is 22.4. The Morgan fingerprint density at radius 2 is 1.49 bits per heavy atom. The number of esters is 1. The summed E-state index contributed by atoms with van der Waals surface area (Å²) in [6, 6.07) is 17.9. The van der Waals surface area contributed by atoms with Crippen molar-refractivity contribution in [1.82, 2.24) is 9.88 Å². The van der Waals surface area contributed by atoms with Gasteiger partial charge in [0.2, 0.25) is 5.91 Å². The molecule has 244 valence electrons. The highest BCUT2D eigenvalue weighted by molar-refractivity contribution is 5.97. The molecule has 0 spiro atoms. The van der Waals surface area contributed by atoms with Crippen LogP contribution < -0.4 is 19.5 Å². The van der Waals surface area contributed by atoms with E-state index in [0.717, 1.165) is 11.0 Å². The zero-order valence-corrected chi connectivity index (χ0v) is 25.0. The van der Waals surface area contributed by atoms with Crippen molar-refractivity contribution in [2.24, 2.45) is 0 Å². The highest BCUT2D eigenvalue weighted by atomic mass is 19.4. The van der Waals surface area contributed by atoms with Gasteiger partial charge in [-0.15, -0.1) is 0 Å². The van der Waals surface area contributed by atoms with Gasteiger partial charge in [0.1, 0.15) is 23.8 Å². The van der Waals surface area contributed by atoms with Crippen LogP contribution in [0.2, 0.25) is 0 Å². The third-order valence-electron chi connectivity index (χ3n) is 6.69. The largest absolute Gasteiger partial charge is 0.497 e. The van der Waals surface area contributed by atoms with Crippen LogP contribution in [0.15, 0.2) is 85.1 Å². The molecule has 0 aliphatic carbocycles. The second-order valence-corrected chi connectivity index (χ2v) is 9.99. The number of carboxylic acid groups (broad SMARTS) is 1. The first-order valence-electron chi connectivity index (χ1n) is 13.8. The number of methoxy groups -OCH3 is 2. The van der Waals surface area contributed by atoms with Gasteiger partial charge in [-0.2, -0.15) is 13.2 Å². The number of aromatic nitrogens is 1. The van der Waals surface area contributed by atoms with Crippen molar-refractivity contribution in [2.45, 2.75) is 19.1 Å². The molecule has 4 aromatic rings. The molecule has 47 heavy (non-hydrogen) atoms. The lowest BCUT2D eigenvalue weighted by atomic mass is 10.0. The van der Waals surface area contributed by atoms with E-state index >= 15 is 0 Å². The zero-order valence-electron chi connectivity index (χ0n) is 25.0. The van der Waals surface area contributed by atoms with E-state index in [-0.39, 0.29) is 40.6 Å². The smallest absolute Gasteiger partial charge is 0.416 e. The van der Waals surface area contributed by atoms with Gasteiger partial charge in [-0.05, 0) is 65.7 Å². The predicted molar refractivity (Wildman–Crippen MR) is 161 cm³/mol. The molecule has 0 bridgehead atoms. The number of carbonyl (C=O) groups is 4. The number of ether oxygens (including phenoxy) is 3. The van der Waals surface area contributed by atoms with Crippen LogP contribution in [0.4, 0.5) is 18.9 Å². The van der Waals surface area contributed by atoms with Crippen molar-refractivity contribution in [3.05, 3.63) is 113 Å². The number of rotatable bonds is 12. The fraction of sp³-hybridized carbons (Fsp3) is 0.182. The van der Waals surface area contributed by atoms with Crippen LogP contribution >= 0.6 is 0 Å². The number of carboxylic acids is 1. The summed E-state index contributed by atoms with van der Waals surface area (Å²) in [5.74, 6) is -2.70. The number of nitrogens with one attached hydrogen (secondary N) is 1. The second kappa shape index (κ2) is 14.9. The van der Waals surface area contributed by atoms with Crippen molar-refractivity contribution >= 4 is 29.4 Å². The molecule has 11 nitrogen and oxygen atoms in total. The van der Waals surface area contributed by atoms with Gasteiger partial charge >= 0.3 is 18.1 Å². The van der Waals surface area contributed by atoms with Gasteiger partial charge in [0.05, 0.1) is 26.2 Å². The topological polar surface area (TPSA) is 144 Å². The summed E-state index contributed by atoms with van der Waals surface area (Å²) in [5.41, 5.74) is -0.341. The van der Waals surface area contributed by atoms with Gasteiger partial charge < -0.3 is 29.5 Å². The number of alkyl halides is 3. The van der Waals surface area contributed by atoms with E-state index < -0.39 is 48.5 Å². The molecule has 0 radical (unpaired) electrons. The van der Waals surface area contributed by atoms with E-state index in [9.17, 15) is 37.5 Å². The fourth-order valence-corrected chi connectivity index (χ4v) is 4.41. The molecule has 4 rings (SSSR count). The van der Waals surface area contributed by atoms with Crippen LogP contribution in [0.25, 0.3) is 0 Å². The van der Waals surface area contributed by atoms with Crippen molar-refractivity contribution < 1.29 is 51.7 Å². The molecule has 0 fully saturated rings. The van der Waals surface area contributed by atoms with E-state index in [0.29, 0.717) is 11.3 Å². The average Bonchev–Trinajstić information content (AvgIpc) is 3.04. The van der Waals surface area contributed by atoms with E-state index in [1.54, 1.807) is 18.2 Å². The summed E-state index contributed by atoms with van der Waals surface area (Å²) < 4.78 is 55.8. The summed E-state index contributed by atoms with van der Waals surface area (Å²) >= 11 is 0. The van der Waals surface area contributed by atoms with Gasteiger partial charge in [0.15, 0.2) is 5.69 Å². The van der Waals surface area contributed by atoms with Crippen LogP contribution in [0.3, 0.4) is 0 Å². The van der Waals surface area contributed by atoms with E-state index in [2.05, 4.69) is 10.3 Å². The number of hydrogen-bond acceptors (Lipinski definition) is 8. The Morgan fingerprint density at radius 1 is 0.851 bits per heavy atom. The number of benzene rings is 3. The maximum atomic E-state index is 13.5. The van der Waals surface area contributed by atoms with Crippen LogP contribution in [0, 0.1) is 0 Å². The Hall–Kier alpha value is -5.92. The summed E-state index contributed by atoms with van der Waals surface area (Å²) in [4.78, 5) is 54.8. The molecule has 0 saturated carbocycles. The third kappa shape index (κ3) is 9.29. The normalized spacial score (nSPS) is 10.9. The summed E-state index contributed by atoms with van der Waals surface area (Å²) in [6.07, 6.45) is -3.87. The highest BCUT2D eigenvalue weighted by Gasteiger charge is 2.34. The van der Waals surface area contributed by atoms with Gasteiger partial charge in [-0.25, -0.2) is 9.78 Å². The van der Waals surface area contributed by atoms with Crippen LogP contribution in [0.1, 0.15) is 37.5 Å².